The number of hydrogen-bond donors (Lipinski definition) is 1. The average molecular weight is 347 g/mol. The number of pyridine rings is 1. The fourth-order valence-electron chi connectivity index (χ4n) is 2.61. The number of anilines is 2. The molecule has 6 heteroatoms. The number of amides is 1. The standard InChI is InChI=1S/C20H21N5O/c1-3-25(17-9-6-7-15(2)13-17)19(26)18-10-12-22-20(24-18)23-14-16-8-4-5-11-21-16/h4-13H,3,14H2,1-2H3,(H,22,23,24). The van der Waals surface area contributed by atoms with Crippen LogP contribution in [0.5, 0.6) is 0 Å². The number of carbonyl (C=O) groups excluding carboxylic acids is 1. The lowest BCUT2D eigenvalue weighted by molar-refractivity contribution is 0.0983. The molecule has 3 rings (SSSR count). The molecule has 0 radical (unpaired) electrons. The molecule has 0 saturated carbocycles. The maximum atomic E-state index is 12.9. The molecule has 0 aliphatic rings. The number of carbonyl (C=O) groups is 1. The monoisotopic (exact) mass is 347 g/mol. The smallest absolute Gasteiger partial charge is 0.277 e. The summed E-state index contributed by atoms with van der Waals surface area (Å²) in [7, 11) is 0. The third-order valence-corrected chi connectivity index (χ3v) is 3.90. The minimum absolute atomic E-state index is 0.151. The van der Waals surface area contributed by atoms with E-state index in [1.54, 1.807) is 23.4 Å². The molecule has 1 amide bonds. The van der Waals surface area contributed by atoms with Gasteiger partial charge in [-0.15, -0.1) is 0 Å². The van der Waals surface area contributed by atoms with E-state index in [9.17, 15) is 4.79 Å². The van der Waals surface area contributed by atoms with Gasteiger partial charge in [-0.1, -0.05) is 18.2 Å². The molecular formula is C20H21N5O. The van der Waals surface area contributed by atoms with Crippen LogP contribution in [0.1, 0.15) is 28.7 Å². The predicted molar refractivity (Wildman–Crippen MR) is 102 cm³/mol. The van der Waals surface area contributed by atoms with E-state index in [4.69, 9.17) is 0 Å². The molecule has 6 nitrogen and oxygen atoms in total. The first-order valence-electron chi connectivity index (χ1n) is 8.52. The number of hydrogen-bond acceptors (Lipinski definition) is 5. The fraction of sp³-hybridized carbons (Fsp3) is 0.200. The number of nitrogens with one attached hydrogen (secondary N) is 1. The normalized spacial score (nSPS) is 10.4. The van der Waals surface area contributed by atoms with Crippen LogP contribution in [0, 0.1) is 6.92 Å². The van der Waals surface area contributed by atoms with Gasteiger partial charge in [-0.25, -0.2) is 9.97 Å². The van der Waals surface area contributed by atoms with Crippen molar-refractivity contribution in [3.63, 3.8) is 0 Å². The van der Waals surface area contributed by atoms with Gasteiger partial charge in [0, 0.05) is 24.6 Å². The minimum Gasteiger partial charge on any atom is -0.349 e. The number of aryl methyl sites for hydroxylation is 1. The van der Waals surface area contributed by atoms with Crippen LogP contribution in [0.25, 0.3) is 0 Å². The molecule has 132 valence electrons. The highest BCUT2D eigenvalue weighted by Gasteiger charge is 2.18. The molecule has 0 spiro atoms. The maximum absolute atomic E-state index is 12.9. The van der Waals surface area contributed by atoms with E-state index in [1.807, 2.05) is 56.3 Å². The van der Waals surface area contributed by atoms with E-state index in [-0.39, 0.29) is 5.91 Å². The molecule has 0 bridgehead atoms. The third-order valence-electron chi connectivity index (χ3n) is 3.90. The average Bonchev–Trinajstić information content (AvgIpc) is 2.68. The Kier molecular flexibility index (Phi) is 5.53. The first-order chi connectivity index (χ1) is 12.7. The Morgan fingerprint density at radius 3 is 2.69 bits per heavy atom. The van der Waals surface area contributed by atoms with Crippen molar-refractivity contribution in [1.82, 2.24) is 15.0 Å². The number of rotatable bonds is 6. The number of aromatic nitrogens is 3. The van der Waals surface area contributed by atoms with Crippen molar-refractivity contribution >= 4 is 17.5 Å². The van der Waals surface area contributed by atoms with Gasteiger partial charge in [-0.3, -0.25) is 9.78 Å². The molecule has 26 heavy (non-hydrogen) atoms. The molecular weight excluding hydrogens is 326 g/mol. The van der Waals surface area contributed by atoms with E-state index in [1.165, 1.54) is 0 Å². The van der Waals surface area contributed by atoms with Gasteiger partial charge >= 0.3 is 0 Å². The Morgan fingerprint density at radius 2 is 1.96 bits per heavy atom. The van der Waals surface area contributed by atoms with E-state index < -0.39 is 0 Å². The topological polar surface area (TPSA) is 71.0 Å². The maximum Gasteiger partial charge on any atom is 0.277 e. The Hall–Kier alpha value is -3.28. The van der Waals surface area contributed by atoms with Crippen LogP contribution in [-0.4, -0.2) is 27.4 Å². The lowest BCUT2D eigenvalue weighted by Crippen LogP contribution is -2.31. The van der Waals surface area contributed by atoms with Gasteiger partial charge in [-0.05, 0) is 49.7 Å². The van der Waals surface area contributed by atoms with Crippen molar-refractivity contribution in [1.29, 1.82) is 0 Å². The quantitative estimate of drug-likeness (QED) is 0.739. The number of benzene rings is 1. The summed E-state index contributed by atoms with van der Waals surface area (Å²) in [5.41, 5.74) is 3.20. The van der Waals surface area contributed by atoms with Gasteiger partial charge < -0.3 is 10.2 Å². The molecule has 0 unspecified atom stereocenters. The third kappa shape index (κ3) is 4.22. The molecule has 1 aromatic carbocycles. The first kappa shape index (κ1) is 17.5. The van der Waals surface area contributed by atoms with Gasteiger partial charge in [0.1, 0.15) is 5.69 Å². The molecule has 0 aliphatic heterocycles. The van der Waals surface area contributed by atoms with Crippen molar-refractivity contribution in [3.05, 3.63) is 77.9 Å². The Balaban J connectivity index is 1.76. The molecule has 0 fully saturated rings. The fourth-order valence-corrected chi connectivity index (χ4v) is 2.61. The highest BCUT2D eigenvalue weighted by Crippen LogP contribution is 2.18. The van der Waals surface area contributed by atoms with E-state index in [0.717, 1.165) is 16.9 Å². The molecule has 1 N–H and O–H groups in total. The zero-order valence-electron chi connectivity index (χ0n) is 14.9. The zero-order chi connectivity index (χ0) is 18.4. The second kappa shape index (κ2) is 8.20. The molecule has 3 aromatic rings. The van der Waals surface area contributed by atoms with Crippen molar-refractivity contribution in [3.8, 4) is 0 Å². The van der Waals surface area contributed by atoms with Crippen LogP contribution < -0.4 is 10.2 Å². The number of nitrogens with zero attached hydrogens (tertiary/aromatic N) is 4. The molecule has 2 heterocycles. The summed E-state index contributed by atoms with van der Waals surface area (Å²) < 4.78 is 0. The first-order valence-corrected chi connectivity index (χ1v) is 8.52. The van der Waals surface area contributed by atoms with Crippen LogP contribution in [0.3, 0.4) is 0 Å². The summed E-state index contributed by atoms with van der Waals surface area (Å²) in [6, 6.07) is 15.2. The lowest BCUT2D eigenvalue weighted by atomic mass is 10.2. The molecule has 2 aromatic heterocycles. The van der Waals surface area contributed by atoms with Crippen molar-refractivity contribution in [2.24, 2.45) is 0 Å². The summed E-state index contributed by atoms with van der Waals surface area (Å²) in [5.74, 6) is 0.253. The summed E-state index contributed by atoms with van der Waals surface area (Å²) in [5, 5.41) is 3.11. The van der Waals surface area contributed by atoms with Crippen LogP contribution in [0.15, 0.2) is 60.9 Å². The van der Waals surface area contributed by atoms with Crippen molar-refractivity contribution < 1.29 is 4.79 Å². The molecule has 0 saturated heterocycles. The molecule has 0 atom stereocenters. The second-order valence-electron chi connectivity index (χ2n) is 5.83. The van der Waals surface area contributed by atoms with Crippen LogP contribution >= 0.6 is 0 Å². The summed E-state index contributed by atoms with van der Waals surface area (Å²) in [6.45, 7) is 5.00. The Morgan fingerprint density at radius 1 is 1.08 bits per heavy atom. The lowest BCUT2D eigenvalue weighted by Gasteiger charge is -2.21. The second-order valence-corrected chi connectivity index (χ2v) is 5.83. The predicted octanol–water partition coefficient (Wildman–Crippen LogP) is 3.46. The Labute approximate surface area is 153 Å². The van der Waals surface area contributed by atoms with Crippen LogP contribution in [0.2, 0.25) is 0 Å². The SMILES string of the molecule is CCN(C(=O)c1ccnc(NCc2ccccn2)n1)c1cccc(C)c1. The van der Waals surface area contributed by atoms with Gasteiger partial charge in [0.25, 0.3) is 5.91 Å². The summed E-state index contributed by atoms with van der Waals surface area (Å²) in [4.78, 5) is 27.4. The van der Waals surface area contributed by atoms with Gasteiger partial charge in [0.2, 0.25) is 5.95 Å². The molecule has 0 aliphatic carbocycles. The Bertz CT molecular complexity index is 882. The van der Waals surface area contributed by atoms with Crippen LogP contribution in [-0.2, 0) is 6.54 Å². The van der Waals surface area contributed by atoms with Crippen molar-refractivity contribution in [2.45, 2.75) is 20.4 Å². The summed E-state index contributed by atoms with van der Waals surface area (Å²) >= 11 is 0. The largest absolute Gasteiger partial charge is 0.349 e. The summed E-state index contributed by atoms with van der Waals surface area (Å²) in [6.07, 6.45) is 3.32. The highest BCUT2D eigenvalue weighted by atomic mass is 16.2. The zero-order valence-corrected chi connectivity index (χ0v) is 14.9. The van der Waals surface area contributed by atoms with Gasteiger partial charge in [0.05, 0.1) is 12.2 Å². The van der Waals surface area contributed by atoms with E-state index in [0.29, 0.717) is 24.7 Å². The van der Waals surface area contributed by atoms with E-state index >= 15 is 0 Å². The van der Waals surface area contributed by atoms with E-state index in [2.05, 4.69) is 20.3 Å². The minimum atomic E-state index is -0.151. The van der Waals surface area contributed by atoms with Crippen molar-refractivity contribution in [2.75, 3.05) is 16.8 Å². The van der Waals surface area contributed by atoms with Gasteiger partial charge in [0.15, 0.2) is 0 Å². The van der Waals surface area contributed by atoms with Crippen LogP contribution in [0.4, 0.5) is 11.6 Å². The highest BCUT2D eigenvalue weighted by molar-refractivity contribution is 6.04. The van der Waals surface area contributed by atoms with Gasteiger partial charge in [-0.2, -0.15) is 0 Å².